The average molecular weight is 259 g/mol. The first-order valence-electron chi connectivity index (χ1n) is 6.28. The summed E-state index contributed by atoms with van der Waals surface area (Å²) in [6.07, 6.45) is 5.27. The molecule has 0 bridgehead atoms. The molecule has 0 atom stereocenters. The number of pyridine rings is 1. The van der Waals surface area contributed by atoms with Gasteiger partial charge in [-0.3, -0.25) is 4.98 Å². The van der Waals surface area contributed by atoms with Crippen molar-refractivity contribution in [3.05, 3.63) is 41.2 Å². The summed E-state index contributed by atoms with van der Waals surface area (Å²) >= 11 is 0. The summed E-state index contributed by atoms with van der Waals surface area (Å²) in [5, 5.41) is 9.38. The maximum Gasteiger partial charge on any atom is 0.339 e. The molecule has 2 aromatic heterocycles. The van der Waals surface area contributed by atoms with Crippen molar-refractivity contribution < 1.29 is 9.90 Å². The van der Waals surface area contributed by atoms with E-state index in [1.807, 2.05) is 11.5 Å². The van der Waals surface area contributed by atoms with Crippen molar-refractivity contribution in [1.29, 1.82) is 0 Å². The summed E-state index contributed by atoms with van der Waals surface area (Å²) in [6, 6.07) is 1.79. The Labute approximate surface area is 111 Å². The van der Waals surface area contributed by atoms with Gasteiger partial charge in [-0.1, -0.05) is 6.92 Å². The van der Waals surface area contributed by atoms with E-state index in [9.17, 15) is 9.90 Å². The fourth-order valence-electron chi connectivity index (χ4n) is 2.22. The standard InChI is InChI=1S/C14H17N3O2/c1-4-5-12-15-6-7-17(12)11-8-9(2)16-10(3)13(11)14(18)19/h6-8H,4-5H2,1-3H3,(H,18,19). The van der Waals surface area contributed by atoms with Crippen LogP contribution < -0.4 is 0 Å². The van der Waals surface area contributed by atoms with Crippen molar-refractivity contribution in [3.63, 3.8) is 0 Å². The van der Waals surface area contributed by atoms with Crippen molar-refractivity contribution >= 4 is 5.97 Å². The fourth-order valence-corrected chi connectivity index (χ4v) is 2.22. The summed E-state index contributed by atoms with van der Waals surface area (Å²) in [7, 11) is 0. The largest absolute Gasteiger partial charge is 0.478 e. The summed E-state index contributed by atoms with van der Waals surface area (Å²) in [4.78, 5) is 20.0. The van der Waals surface area contributed by atoms with Gasteiger partial charge in [0.25, 0.3) is 0 Å². The lowest BCUT2D eigenvalue weighted by Crippen LogP contribution is -2.11. The Balaban J connectivity index is 2.66. The highest BCUT2D eigenvalue weighted by atomic mass is 16.4. The number of carboxylic acids is 1. The number of hydrogen-bond donors (Lipinski definition) is 1. The molecule has 2 heterocycles. The van der Waals surface area contributed by atoms with Crippen LogP contribution in [0.4, 0.5) is 0 Å². The first kappa shape index (κ1) is 13.3. The quantitative estimate of drug-likeness (QED) is 0.916. The van der Waals surface area contributed by atoms with Gasteiger partial charge in [0.05, 0.1) is 11.4 Å². The molecule has 5 heteroatoms. The van der Waals surface area contributed by atoms with E-state index in [4.69, 9.17) is 0 Å². The lowest BCUT2D eigenvalue weighted by Gasteiger charge is -2.13. The number of carboxylic acid groups (broad SMARTS) is 1. The molecule has 1 N–H and O–H groups in total. The van der Waals surface area contributed by atoms with Gasteiger partial charge in [-0.2, -0.15) is 0 Å². The molecule has 0 aliphatic carbocycles. The molecule has 0 fully saturated rings. The lowest BCUT2D eigenvalue weighted by atomic mass is 10.1. The Hall–Kier alpha value is -2.17. The highest BCUT2D eigenvalue weighted by molar-refractivity contribution is 5.93. The van der Waals surface area contributed by atoms with Crippen molar-refractivity contribution in [2.45, 2.75) is 33.6 Å². The van der Waals surface area contributed by atoms with Crippen molar-refractivity contribution in [2.24, 2.45) is 0 Å². The third kappa shape index (κ3) is 2.50. The summed E-state index contributed by atoms with van der Waals surface area (Å²) < 4.78 is 1.84. The lowest BCUT2D eigenvalue weighted by molar-refractivity contribution is 0.0695. The van der Waals surface area contributed by atoms with Gasteiger partial charge in [-0.25, -0.2) is 9.78 Å². The Morgan fingerprint density at radius 1 is 1.42 bits per heavy atom. The Morgan fingerprint density at radius 3 is 2.79 bits per heavy atom. The molecule has 19 heavy (non-hydrogen) atoms. The van der Waals surface area contributed by atoms with Crippen LogP contribution in [0, 0.1) is 13.8 Å². The number of hydrogen-bond acceptors (Lipinski definition) is 3. The van der Waals surface area contributed by atoms with Crippen LogP contribution in [0.15, 0.2) is 18.5 Å². The van der Waals surface area contributed by atoms with Crippen LogP contribution in [-0.2, 0) is 6.42 Å². The van der Waals surface area contributed by atoms with E-state index < -0.39 is 5.97 Å². The van der Waals surface area contributed by atoms with Crippen LogP contribution in [0.2, 0.25) is 0 Å². The van der Waals surface area contributed by atoms with Gasteiger partial charge in [0.2, 0.25) is 0 Å². The highest BCUT2D eigenvalue weighted by Gasteiger charge is 2.18. The number of imidazole rings is 1. The van der Waals surface area contributed by atoms with Crippen molar-refractivity contribution in [3.8, 4) is 5.69 Å². The fraction of sp³-hybridized carbons (Fsp3) is 0.357. The molecule has 0 unspecified atom stereocenters. The number of aryl methyl sites for hydroxylation is 3. The molecule has 2 rings (SSSR count). The van der Waals surface area contributed by atoms with Gasteiger partial charge in [-0.15, -0.1) is 0 Å². The van der Waals surface area contributed by atoms with E-state index in [1.165, 1.54) is 0 Å². The minimum Gasteiger partial charge on any atom is -0.478 e. The number of rotatable bonds is 4. The maximum atomic E-state index is 11.4. The van der Waals surface area contributed by atoms with Gasteiger partial charge in [0.1, 0.15) is 11.4 Å². The van der Waals surface area contributed by atoms with Crippen LogP contribution >= 0.6 is 0 Å². The molecule has 0 saturated heterocycles. The van der Waals surface area contributed by atoms with E-state index >= 15 is 0 Å². The van der Waals surface area contributed by atoms with E-state index in [0.717, 1.165) is 24.4 Å². The van der Waals surface area contributed by atoms with Crippen LogP contribution in [0.1, 0.15) is 40.9 Å². The Morgan fingerprint density at radius 2 is 2.16 bits per heavy atom. The molecule has 0 saturated carbocycles. The van der Waals surface area contributed by atoms with Gasteiger partial charge >= 0.3 is 5.97 Å². The molecule has 2 aromatic rings. The van der Waals surface area contributed by atoms with Crippen LogP contribution in [0.25, 0.3) is 5.69 Å². The zero-order chi connectivity index (χ0) is 14.0. The molecule has 0 aliphatic heterocycles. The maximum absolute atomic E-state index is 11.4. The second-order valence-electron chi connectivity index (χ2n) is 4.51. The number of nitrogens with zero attached hydrogens (tertiary/aromatic N) is 3. The number of aromatic nitrogens is 3. The monoisotopic (exact) mass is 259 g/mol. The zero-order valence-corrected chi connectivity index (χ0v) is 11.3. The first-order valence-corrected chi connectivity index (χ1v) is 6.28. The second kappa shape index (κ2) is 5.22. The van der Waals surface area contributed by atoms with E-state index in [2.05, 4.69) is 16.9 Å². The van der Waals surface area contributed by atoms with Gasteiger partial charge in [0.15, 0.2) is 0 Å². The molecule has 0 radical (unpaired) electrons. The summed E-state index contributed by atoms with van der Waals surface area (Å²) in [6.45, 7) is 5.65. The van der Waals surface area contributed by atoms with Crippen LogP contribution in [-0.4, -0.2) is 25.6 Å². The van der Waals surface area contributed by atoms with E-state index in [1.54, 1.807) is 25.4 Å². The molecular formula is C14H17N3O2. The average Bonchev–Trinajstić information content (AvgIpc) is 2.75. The van der Waals surface area contributed by atoms with Crippen LogP contribution in [0.5, 0.6) is 0 Å². The Kier molecular flexibility index (Phi) is 3.64. The number of carbonyl (C=O) groups is 1. The molecule has 0 aromatic carbocycles. The minimum atomic E-state index is -0.962. The summed E-state index contributed by atoms with van der Waals surface area (Å²) in [5.74, 6) is -0.0915. The van der Waals surface area contributed by atoms with Crippen molar-refractivity contribution in [2.75, 3.05) is 0 Å². The normalized spacial score (nSPS) is 10.7. The van der Waals surface area contributed by atoms with Gasteiger partial charge in [0, 0.05) is 24.5 Å². The molecule has 0 aliphatic rings. The highest BCUT2D eigenvalue weighted by Crippen LogP contribution is 2.20. The molecule has 0 spiro atoms. The van der Waals surface area contributed by atoms with E-state index in [0.29, 0.717) is 11.4 Å². The minimum absolute atomic E-state index is 0.237. The molecular weight excluding hydrogens is 242 g/mol. The van der Waals surface area contributed by atoms with E-state index in [-0.39, 0.29) is 5.56 Å². The molecule has 100 valence electrons. The van der Waals surface area contributed by atoms with Gasteiger partial charge < -0.3 is 9.67 Å². The van der Waals surface area contributed by atoms with Crippen molar-refractivity contribution in [1.82, 2.24) is 14.5 Å². The Bertz CT molecular complexity index is 617. The predicted molar refractivity (Wildman–Crippen MR) is 71.8 cm³/mol. The van der Waals surface area contributed by atoms with Crippen LogP contribution in [0.3, 0.4) is 0 Å². The SMILES string of the molecule is CCCc1nccn1-c1cc(C)nc(C)c1C(=O)O. The number of aromatic carboxylic acids is 1. The predicted octanol–water partition coefficient (Wildman–Crippen LogP) is 2.53. The first-order chi connectivity index (χ1) is 9.04. The van der Waals surface area contributed by atoms with Gasteiger partial charge in [-0.05, 0) is 26.3 Å². The topological polar surface area (TPSA) is 68.0 Å². The molecule has 0 amide bonds. The smallest absolute Gasteiger partial charge is 0.339 e. The molecule has 5 nitrogen and oxygen atoms in total. The third-order valence-electron chi connectivity index (χ3n) is 2.97. The third-order valence-corrected chi connectivity index (χ3v) is 2.97. The zero-order valence-electron chi connectivity index (χ0n) is 11.3. The second-order valence-corrected chi connectivity index (χ2v) is 4.51. The summed E-state index contributed by atoms with van der Waals surface area (Å²) in [5.41, 5.74) is 2.20.